The molecule has 0 spiro atoms. The van der Waals surface area contributed by atoms with Crippen LogP contribution in [0.2, 0.25) is 0 Å². The fourth-order valence-electron chi connectivity index (χ4n) is 0.887. The Balaban J connectivity index is 3.83. The fourth-order valence-corrected chi connectivity index (χ4v) is 0.887. The standard InChI is InChI=1S/C9H17FO/c1-6(2)5-8(11)9(10)7(3)4/h6-7,9H,5H2,1-4H3. The summed E-state index contributed by atoms with van der Waals surface area (Å²) >= 11 is 0. The van der Waals surface area contributed by atoms with Crippen LogP contribution >= 0.6 is 0 Å². The molecule has 0 N–H and O–H groups in total. The quantitative estimate of drug-likeness (QED) is 0.617. The van der Waals surface area contributed by atoms with Gasteiger partial charge in [-0.25, -0.2) is 4.39 Å². The molecule has 0 saturated heterocycles. The molecule has 0 heterocycles. The van der Waals surface area contributed by atoms with E-state index in [9.17, 15) is 9.18 Å². The molecule has 0 fully saturated rings. The number of rotatable bonds is 4. The number of Topliss-reactive ketones (excluding diaryl/α,β-unsaturated/α-hetero) is 1. The predicted molar refractivity (Wildman–Crippen MR) is 44.2 cm³/mol. The van der Waals surface area contributed by atoms with Crippen LogP contribution in [0.3, 0.4) is 0 Å². The first-order chi connectivity index (χ1) is 4.95. The number of carbonyl (C=O) groups excluding carboxylic acids is 1. The average molecular weight is 160 g/mol. The summed E-state index contributed by atoms with van der Waals surface area (Å²) in [5.41, 5.74) is 0. The summed E-state index contributed by atoms with van der Waals surface area (Å²) in [7, 11) is 0. The molecule has 0 aromatic carbocycles. The lowest BCUT2D eigenvalue weighted by Crippen LogP contribution is -2.22. The molecule has 0 aromatic heterocycles. The van der Waals surface area contributed by atoms with Crippen LogP contribution in [-0.4, -0.2) is 12.0 Å². The van der Waals surface area contributed by atoms with Crippen LogP contribution in [0.25, 0.3) is 0 Å². The molecule has 0 rings (SSSR count). The zero-order chi connectivity index (χ0) is 9.02. The van der Waals surface area contributed by atoms with Crippen molar-refractivity contribution in [3.05, 3.63) is 0 Å². The summed E-state index contributed by atoms with van der Waals surface area (Å²) in [6, 6.07) is 0. The van der Waals surface area contributed by atoms with Crippen molar-refractivity contribution in [1.82, 2.24) is 0 Å². The second-order valence-corrected chi connectivity index (χ2v) is 3.71. The van der Waals surface area contributed by atoms with Crippen LogP contribution in [0, 0.1) is 11.8 Å². The van der Waals surface area contributed by atoms with Gasteiger partial charge < -0.3 is 0 Å². The van der Waals surface area contributed by atoms with Crippen molar-refractivity contribution < 1.29 is 9.18 Å². The van der Waals surface area contributed by atoms with Gasteiger partial charge in [0.25, 0.3) is 0 Å². The molecule has 0 aliphatic rings. The Morgan fingerprint density at radius 3 is 2.00 bits per heavy atom. The Hall–Kier alpha value is -0.400. The van der Waals surface area contributed by atoms with E-state index in [4.69, 9.17) is 0 Å². The first-order valence-corrected chi connectivity index (χ1v) is 4.12. The molecule has 0 amide bonds. The smallest absolute Gasteiger partial charge is 0.167 e. The minimum absolute atomic E-state index is 0.179. The van der Waals surface area contributed by atoms with Gasteiger partial charge in [0.05, 0.1) is 0 Å². The lowest BCUT2D eigenvalue weighted by molar-refractivity contribution is -0.125. The Labute approximate surface area is 68.0 Å². The van der Waals surface area contributed by atoms with Gasteiger partial charge >= 0.3 is 0 Å². The van der Waals surface area contributed by atoms with Gasteiger partial charge in [-0.05, 0) is 11.8 Å². The highest BCUT2D eigenvalue weighted by Gasteiger charge is 2.21. The largest absolute Gasteiger partial charge is 0.296 e. The van der Waals surface area contributed by atoms with Gasteiger partial charge in [-0.15, -0.1) is 0 Å². The van der Waals surface area contributed by atoms with Gasteiger partial charge in [-0.2, -0.15) is 0 Å². The maximum atomic E-state index is 12.9. The molecule has 0 aromatic rings. The maximum absolute atomic E-state index is 12.9. The topological polar surface area (TPSA) is 17.1 Å². The van der Waals surface area contributed by atoms with Gasteiger partial charge in [0, 0.05) is 6.42 Å². The molecular weight excluding hydrogens is 143 g/mol. The van der Waals surface area contributed by atoms with E-state index in [0.29, 0.717) is 6.42 Å². The Bertz CT molecular complexity index is 130. The third kappa shape index (κ3) is 4.12. The monoisotopic (exact) mass is 160 g/mol. The van der Waals surface area contributed by atoms with Crippen molar-refractivity contribution in [2.75, 3.05) is 0 Å². The molecule has 1 atom stereocenters. The van der Waals surface area contributed by atoms with Gasteiger partial charge in [0.15, 0.2) is 12.0 Å². The minimum atomic E-state index is -1.27. The van der Waals surface area contributed by atoms with Crippen molar-refractivity contribution in [3.8, 4) is 0 Å². The van der Waals surface area contributed by atoms with Gasteiger partial charge in [-0.3, -0.25) is 4.79 Å². The molecular formula is C9H17FO. The van der Waals surface area contributed by atoms with E-state index in [1.807, 2.05) is 13.8 Å². The molecule has 66 valence electrons. The Kier molecular flexibility index (Phi) is 4.31. The number of hydrogen-bond donors (Lipinski definition) is 0. The van der Waals surface area contributed by atoms with Crippen molar-refractivity contribution in [1.29, 1.82) is 0 Å². The average Bonchev–Trinajstić information content (AvgIpc) is 1.84. The molecule has 0 bridgehead atoms. The normalized spacial score (nSPS) is 14.1. The summed E-state index contributed by atoms with van der Waals surface area (Å²) in [6.45, 7) is 7.29. The van der Waals surface area contributed by atoms with E-state index in [2.05, 4.69) is 0 Å². The highest BCUT2D eigenvalue weighted by atomic mass is 19.1. The first kappa shape index (κ1) is 10.6. The van der Waals surface area contributed by atoms with E-state index in [-0.39, 0.29) is 17.6 Å². The van der Waals surface area contributed by atoms with Crippen LogP contribution in [0.15, 0.2) is 0 Å². The lowest BCUT2D eigenvalue weighted by Gasteiger charge is -2.11. The maximum Gasteiger partial charge on any atom is 0.167 e. The number of hydrogen-bond acceptors (Lipinski definition) is 1. The van der Waals surface area contributed by atoms with Crippen molar-refractivity contribution in [2.24, 2.45) is 11.8 Å². The Morgan fingerprint density at radius 2 is 1.73 bits per heavy atom. The highest BCUT2D eigenvalue weighted by Crippen LogP contribution is 2.12. The third-order valence-electron chi connectivity index (χ3n) is 1.50. The van der Waals surface area contributed by atoms with Crippen LogP contribution in [-0.2, 0) is 4.79 Å². The number of carbonyl (C=O) groups is 1. The zero-order valence-electron chi connectivity index (χ0n) is 7.73. The molecule has 1 unspecified atom stereocenters. The van der Waals surface area contributed by atoms with Gasteiger partial charge in [-0.1, -0.05) is 27.7 Å². The van der Waals surface area contributed by atoms with E-state index < -0.39 is 6.17 Å². The lowest BCUT2D eigenvalue weighted by atomic mass is 9.98. The van der Waals surface area contributed by atoms with E-state index >= 15 is 0 Å². The summed E-state index contributed by atoms with van der Waals surface area (Å²) in [5, 5.41) is 0. The second kappa shape index (κ2) is 4.47. The SMILES string of the molecule is CC(C)CC(=O)C(F)C(C)C. The minimum Gasteiger partial charge on any atom is -0.296 e. The molecule has 0 saturated carbocycles. The number of halogens is 1. The molecule has 11 heavy (non-hydrogen) atoms. The van der Waals surface area contributed by atoms with E-state index in [1.54, 1.807) is 13.8 Å². The van der Waals surface area contributed by atoms with E-state index in [0.717, 1.165) is 0 Å². The van der Waals surface area contributed by atoms with Crippen LogP contribution in [0.5, 0.6) is 0 Å². The first-order valence-electron chi connectivity index (χ1n) is 4.12. The van der Waals surface area contributed by atoms with Crippen LogP contribution < -0.4 is 0 Å². The van der Waals surface area contributed by atoms with Crippen molar-refractivity contribution >= 4 is 5.78 Å². The zero-order valence-corrected chi connectivity index (χ0v) is 7.73. The molecule has 0 radical (unpaired) electrons. The molecule has 2 heteroatoms. The van der Waals surface area contributed by atoms with E-state index in [1.165, 1.54) is 0 Å². The summed E-state index contributed by atoms with van der Waals surface area (Å²) in [5.74, 6) is -0.171. The van der Waals surface area contributed by atoms with Crippen LogP contribution in [0.4, 0.5) is 4.39 Å². The second-order valence-electron chi connectivity index (χ2n) is 3.71. The summed E-state index contributed by atoms with van der Waals surface area (Å²) < 4.78 is 12.9. The molecule has 0 aliphatic heterocycles. The van der Waals surface area contributed by atoms with Crippen molar-refractivity contribution in [2.45, 2.75) is 40.3 Å². The summed E-state index contributed by atoms with van der Waals surface area (Å²) in [4.78, 5) is 11.0. The van der Waals surface area contributed by atoms with Gasteiger partial charge in [0.1, 0.15) is 0 Å². The van der Waals surface area contributed by atoms with Crippen LogP contribution in [0.1, 0.15) is 34.1 Å². The molecule has 0 aliphatic carbocycles. The summed E-state index contributed by atoms with van der Waals surface area (Å²) in [6.07, 6.45) is -0.906. The highest BCUT2D eigenvalue weighted by molar-refractivity contribution is 5.83. The third-order valence-corrected chi connectivity index (χ3v) is 1.50. The van der Waals surface area contributed by atoms with Crippen molar-refractivity contribution in [3.63, 3.8) is 0 Å². The predicted octanol–water partition coefficient (Wildman–Crippen LogP) is 2.60. The van der Waals surface area contributed by atoms with Gasteiger partial charge in [0.2, 0.25) is 0 Å². The number of ketones is 1. The number of alkyl halides is 1. The Morgan fingerprint density at radius 1 is 1.27 bits per heavy atom. The fraction of sp³-hybridized carbons (Fsp3) is 0.889. The molecule has 1 nitrogen and oxygen atoms in total.